The zero-order valence-electron chi connectivity index (χ0n) is 10.2. The molecule has 0 radical (unpaired) electrons. The second-order valence-electron chi connectivity index (χ2n) is 4.89. The van der Waals surface area contributed by atoms with E-state index in [1.807, 2.05) is 26.0 Å². The Morgan fingerprint density at radius 2 is 2.06 bits per heavy atom. The molecule has 1 fully saturated rings. The van der Waals surface area contributed by atoms with Crippen molar-refractivity contribution in [3.63, 3.8) is 0 Å². The maximum absolute atomic E-state index is 12.3. The van der Waals surface area contributed by atoms with Gasteiger partial charge in [0.05, 0.1) is 0 Å². The lowest BCUT2D eigenvalue weighted by atomic mass is 9.82. The molecule has 1 saturated heterocycles. The van der Waals surface area contributed by atoms with E-state index in [0.29, 0.717) is 11.7 Å². The molecule has 0 amide bonds. The summed E-state index contributed by atoms with van der Waals surface area (Å²) >= 11 is 0. The van der Waals surface area contributed by atoms with Crippen LogP contribution in [0.15, 0.2) is 18.2 Å². The second-order valence-corrected chi connectivity index (χ2v) is 4.89. The lowest BCUT2D eigenvalue weighted by molar-refractivity contribution is 0.0853. The standard InChI is InChI=1S/C14H19NO/c1-9-4-5-13(10(2)6-9)14(16)11(3)12-7-15-8-12/h4-6,11-12,15H,7-8H2,1-3H3. The van der Waals surface area contributed by atoms with Crippen LogP contribution in [-0.4, -0.2) is 18.9 Å². The minimum absolute atomic E-state index is 0.141. The van der Waals surface area contributed by atoms with E-state index in [-0.39, 0.29) is 5.92 Å². The molecule has 0 spiro atoms. The van der Waals surface area contributed by atoms with Crippen molar-refractivity contribution in [2.75, 3.05) is 13.1 Å². The number of ketones is 1. The van der Waals surface area contributed by atoms with Gasteiger partial charge in [-0.25, -0.2) is 0 Å². The molecule has 1 unspecified atom stereocenters. The van der Waals surface area contributed by atoms with Crippen LogP contribution in [0, 0.1) is 25.7 Å². The zero-order valence-corrected chi connectivity index (χ0v) is 10.2. The van der Waals surface area contributed by atoms with Gasteiger partial charge in [0.15, 0.2) is 5.78 Å². The van der Waals surface area contributed by atoms with Crippen LogP contribution in [0.1, 0.15) is 28.4 Å². The molecule has 16 heavy (non-hydrogen) atoms. The number of carbonyl (C=O) groups excluding carboxylic acids is 1. The Morgan fingerprint density at radius 1 is 1.38 bits per heavy atom. The average molecular weight is 217 g/mol. The van der Waals surface area contributed by atoms with Crippen LogP contribution in [0.5, 0.6) is 0 Å². The summed E-state index contributed by atoms with van der Waals surface area (Å²) in [7, 11) is 0. The number of hydrogen-bond acceptors (Lipinski definition) is 2. The Bertz CT molecular complexity index is 407. The summed E-state index contributed by atoms with van der Waals surface area (Å²) in [4.78, 5) is 12.3. The van der Waals surface area contributed by atoms with E-state index < -0.39 is 0 Å². The molecule has 0 bridgehead atoms. The molecule has 2 nitrogen and oxygen atoms in total. The van der Waals surface area contributed by atoms with Gasteiger partial charge in [0, 0.05) is 11.5 Å². The lowest BCUT2D eigenvalue weighted by Crippen LogP contribution is -2.47. The number of benzene rings is 1. The fraction of sp³-hybridized carbons (Fsp3) is 0.500. The van der Waals surface area contributed by atoms with Crippen LogP contribution in [-0.2, 0) is 0 Å². The van der Waals surface area contributed by atoms with Gasteiger partial charge in [-0.3, -0.25) is 4.79 Å². The first-order chi connectivity index (χ1) is 7.59. The van der Waals surface area contributed by atoms with Crippen molar-refractivity contribution in [2.45, 2.75) is 20.8 Å². The minimum atomic E-state index is 0.141. The van der Waals surface area contributed by atoms with E-state index in [2.05, 4.69) is 18.3 Å². The van der Waals surface area contributed by atoms with Crippen LogP contribution in [0.4, 0.5) is 0 Å². The number of hydrogen-bond donors (Lipinski definition) is 1. The molecular weight excluding hydrogens is 198 g/mol. The summed E-state index contributed by atoms with van der Waals surface area (Å²) in [6.45, 7) is 8.09. The van der Waals surface area contributed by atoms with E-state index in [9.17, 15) is 4.79 Å². The van der Waals surface area contributed by atoms with Gasteiger partial charge in [-0.05, 0) is 38.4 Å². The fourth-order valence-electron chi connectivity index (χ4n) is 2.21. The molecule has 0 saturated carbocycles. The van der Waals surface area contributed by atoms with Crippen molar-refractivity contribution < 1.29 is 4.79 Å². The summed E-state index contributed by atoms with van der Waals surface area (Å²) in [6.07, 6.45) is 0. The van der Waals surface area contributed by atoms with Crippen LogP contribution < -0.4 is 5.32 Å². The molecule has 0 aromatic heterocycles. The molecule has 2 heteroatoms. The first-order valence-corrected chi connectivity index (χ1v) is 5.92. The molecule has 2 rings (SSSR count). The lowest BCUT2D eigenvalue weighted by Gasteiger charge is -2.32. The summed E-state index contributed by atoms with van der Waals surface area (Å²) in [6, 6.07) is 6.07. The molecule has 86 valence electrons. The fourth-order valence-corrected chi connectivity index (χ4v) is 2.21. The summed E-state index contributed by atoms with van der Waals surface area (Å²) in [5.74, 6) is 0.958. The highest BCUT2D eigenvalue weighted by atomic mass is 16.1. The monoisotopic (exact) mass is 217 g/mol. The van der Waals surface area contributed by atoms with Crippen molar-refractivity contribution in [3.8, 4) is 0 Å². The highest BCUT2D eigenvalue weighted by molar-refractivity contribution is 5.99. The molecular formula is C14H19NO. The highest BCUT2D eigenvalue weighted by Crippen LogP contribution is 2.22. The predicted molar refractivity (Wildman–Crippen MR) is 65.8 cm³/mol. The first-order valence-electron chi connectivity index (χ1n) is 5.92. The number of Topliss-reactive ketones (excluding diaryl/α,β-unsaturated/α-hetero) is 1. The van der Waals surface area contributed by atoms with Gasteiger partial charge in [-0.2, -0.15) is 0 Å². The Morgan fingerprint density at radius 3 is 2.56 bits per heavy atom. The van der Waals surface area contributed by atoms with E-state index in [1.165, 1.54) is 5.56 Å². The van der Waals surface area contributed by atoms with Crippen molar-refractivity contribution in [3.05, 3.63) is 34.9 Å². The van der Waals surface area contributed by atoms with Crippen LogP contribution >= 0.6 is 0 Å². The van der Waals surface area contributed by atoms with Gasteiger partial charge in [0.2, 0.25) is 0 Å². The zero-order chi connectivity index (χ0) is 11.7. The van der Waals surface area contributed by atoms with Crippen molar-refractivity contribution in [1.29, 1.82) is 0 Å². The Balaban J connectivity index is 2.19. The van der Waals surface area contributed by atoms with Crippen LogP contribution in [0.3, 0.4) is 0 Å². The van der Waals surface area contributed by atoms with Crippen LogP contribution in [0.25, 0.3) is 0 Å². The molecule has 1 aromatic carbocycles. The van der Waals surface area contributed by atoms with E-state index in [1.54, 1.807) is 0 Å². The van der Waals surface area contributed by atoms with Crippen molar-refractivity contribution in [2.24, 2.45) is 11.8 Å². The largest absolute Gasteiger partial charge is 0.316 e. The topological polar surface area (TPSA) is 29.1 Å². The molecule has 1 N–H and O–H groups in total. The summed E-state index contributed by atoms with van der Waals surface area (Å²) < 4.78 is 0. The molecule has 1 aliphatic heterocycles. The highest BCUT2D eigenvalue weighted by Gasteiger charge is 2.29. The maximum Gasteiger partial charge on any atom is 0.166 e. The Hall–Kier alpha value is -1.15. The number of aryl methyl sites for hydroxylation is 2. The smallest absolute Gasteiger partial charge is 0.166 e. The molecule has 1 aromatic rings. The second kappa shape index (κ2) is 4.38. The van der Waals surface area contributed by atoms with Crippen molar-refractivity contribution >= 4 is 5.78 Å². The number of nitrogens with one attached hydrogen (secondary N) is 1. The van der Waals surface area contributed by atoms with Gasteiger partial charge < -0.3 is 5.32 Å². The normalized spacial score (nSPS) is 17.9. The van der Waals surface area contributed by atoms with Crippen LogP contribution in [0.2, 0.25) is 0 Å². The van der Waals surface area contributed by atoms with Gasteiger partial charge in [-0.15, -0.1) is 0 Å². The third kappa shape index (κ3) is 2.03. The Labute approximate surface area is 97.1 Å². The van der Waals surface area contributed by atoms with E-state index in [4.69, 9.17) is 0 Å². The quantitative estimate of drug-likeness (QED) is 0.787. The molecule has 1 aliphatic rings. The van der Waals surface area contributed by atoms with E-state index >= 15 is 0 Å². The summed E-state index contributed by atoms with van der Waals surface area (Å²) in [5, 5.41) is 3.22. The Kier molecular flexibility index (Phi) is 3.10. The number of rotatable bonds is 3. The average Bonchev–Trinajstić information content (AvgIpc) is 2.14. The van der Waals surface area contributed by atoms with Gasteiger partial charge in [-0.1, -0.05) is 30.7 Å². The molecule has 1 atom stereocenters. The summed E-state index contributed by atoms with van der Waals surface area (Å²) in [5.41, 5.74) is 3.21. The third-order valence-corrected chi connectivity index (χ3v) is 3.58. The third-order valence-electron chi connectivity index (χ3n) is 3.58. The van der Waals surface area contributed by atoms with E-state index in [0.717, 1.165) is 24.2 Å². The van der Waals surface area contributed by atoms with Gasteiger partial charge in [0.1, 0.15) is 0 Å². The molecule has 0 aliphatic carbocycles. The van der Waals surface area contributed by atoms with Crippen molar-refractivity contribution in [1.82, 2.24) is 5.32 Å². The molecule has 1 heterocycles. The SMILES string of the molecule is Cc1ccc(C(=O)C(C)C2CNC2)c(C)c1. The minimum Gasteiger partial charge on any atom is -0.316 e. The first kappa shape index (κ1) is 11.3. The van der Waals surface area contributed by atoms with Gasteiger partial charge >= 0.3 is 0 Å². The maximum atomic E-state index is 12.3. The van der Waals surface area contributed by atoms with Gasteiger partial charge in [0.25, 0.3) is 0 Å². The predicted octanol–water partition coefficient (Wildman–Crippen LogP) is 2.34. The number of carbonyl (C=O) groups is 1.